The molecule has 20 heavy (non-hydrogen) atoms. The summed E-state index contributed by atoms with van der Waals surface area (Å²) in [6.07, 6.45) is 0. The van der Waals surface area contributed by atoms with Crippen molar-refractivity contribution in [2.24, 2.45) is 0 Å². The number of benzene rings is 2. The molecule has 0 saturated heterocycles. The number of rotatable bonds is 4. The fraction of sp³-hybridized carbons (Fsp3) is 0.188. The van der Waals surface area contributed by atoms with Crippen molar-refractivity contribution in [3.05, 3.63) is 53.1 Å². The third kappa shape index (κ3) is 3.31. The summed E-state index contributed by atoms with van der Waals surface area (Å²) in [5, 5.41) is 9.82. The van der Waals surface area contributed by atoms with Crippen LogP contribution in [0.4, 0.5) is 0 Å². The molecule has 0 bridgehead atoms. The van der Waals surface area contributed by atoms with Gasteiger partial charge in [-0.2, -0.15) is 5.26 Å². The quantitative estimate of drug-likeness (QED) is 0.771. The van der Waals surface area contributed by atoms with Crippen LogP contribution in [0.3, 0.4) is 0 Å². The number of hydrogen-bond donors (Lipinski definition) is 0. The maximum Gasteiger partial charge on any atom is 0.132 e. The van der Waals surface area contributed by atoms with Gasteiger partial charge in [-0.1, -0.05) is 28.1 Å². The molecule has 0 aliphatic heterocycles. The van der Waals surface area contributed by atoms with Gasteiger partial charge in [0.2, 0.25) is 0 Å². The number of alkyl halides is 1. The van der Waals surface area contributed by atoms with E-state index in [0.717, 1.165) is 16.6 Å². The lowest BCUT2D eigenvalue weighted by Gasteiger charge is -2.11. The topological polar surface area (TPSA) is 42.2 Å². The van der Waals surface area contributed by atoms with E-state index in [1.165, 1.54) is 5.56 Å². The normalized spacial score (nSPS) is 9.90. The molecule has 0 unspecified atom stereocenters. The molecule has 0 atom stereocenters. The zero-order chi connectivity index (χ0) is 14.5. The van der Waals surface area contributed by atoms with Gasteiger partial charge in [-0.05, 0) is 36.2 Å². The smallest absolute Gasteiger partial charge is 0.132 e. The molecule has 3 nitrogen and oxygen atoms in total. The highest BCUT2D eigenvalue weighted by atomic mass is 79.9. The molecule has 4 heteroatoms. The summed E-state index contributed by atoms with van der Waals surface area (Å²) in [5.74, 6) is 1.97. The van der Waals surface area contributed by atoms with Crippen LogP contribution < -0.4 is 9.47 Å². The second-order valence-corrected chi connectivity index (χ2v) is 4.91. The van der Waals surface area contributed by atoms with Crippen LogP contribution in [-0.4, -0.2) is 7.11 Å². The van der Waals surface area contributed by atoms with Crippen LogP contribution in [0, 0.1) is 18.3 Å². The Morgan fingerprint density at radius 2 is 1.90 bits per heavy atom. The van der Waals surface area contributed by atoms with Crippen LogP contribution in [0.15, 0.2) is 36.4 Å². The van der Waals surface area contributed by atoms with Gasteiger partial charge in [0.15, 0.2) is 0 Å². The van der Waals surface area contributed by atoms with E-state index in [1.54, 1.807) is 25.3 Å². The summed E-state index contributed by atoms with van der Waals surface area (Å²) in [4.78, 5) is 0. The van der Waals surface area contributed by atoms with Gasteiger partial charge in [-0.25, -0.2) is 0 Å². The molecule has 0 N–H and O–H groups in total. The first kappa shape index (κ1) is 14.4. The first-order chi connectivity index (χ1) is 9.66. The van der Waals surface area contributed by atoms with Crippen molar-refractivity contribution in [1.29, 1.82) is 5.26 Å². The molecule has 0 spiro atoms. The summed E-state index contributed by atoms with van der Waals surface area (Å²) in [6.45, 7) is 1.99. The monoisotopic (exact) mass is 331 g/mol. The zero-order valence-electron chi connectivity index (χ0n) is 11.3. The Bertz CT molecular complexity index is 662. The van der Waals surface area contributed by atoms with Crippen molar-refractivity contribution in [3.63, 3.8) is 0 Å². The Morgan fingerprint density at radius 1 is 1.15 bits per heavy atom. The fourth-order valence-electron chi connectivity index (χ4n) is 1.85. The SMILES string of the molecule is COc1cc(C#N)cc(Oc2ccc(CBr)cc2C)c1. The van der Waals surface area contributed by atoms with Gasteiger partial charge in [0.25, 0.3) is 0 Å². The molecule has 0 aliphatic carbocycles. The van der Waals surface area contributed by atoms with Gasteiger partial charge in [0.1, 0.15) is 17.2 Å². The van der Waals surface area contributed by atoms with Crippen LogP contribution >= 0.6 is 15.9 Å². The Kier molecular flexibility index (Phi) is 4.65. The van der Waals surface area contributed by atoms with Gasteiger partial charge in [-0.15, -0.1) is 0 Å². The van der Waals surface area contributed by atoms with Gasteiger partial charge in [0, 0.05) is 11.4 Å². The van der Waals surface area contributed by atoms with Crippen LogP contribution in [0.5, 0.6) is 17.2 Å². The number of nitrogens with zero attached hydrogens (tertiary/aromatic N) is 1. The average molecular weight is 332 g/mol. The highest BCUT2D eigenvalue weighted by molar-refractivity contribution is 9.08. The predicted molar refractivity (Wildman–Crippen MR) is 81.6 cm³/mol. The van der Waals surface area contributed by atoms with E-state index in [-0.39, 0.29) is 0 Å². The summed E-state index contributed by atoms with van der Waals surface area (Å²) in [5.41, 5.74) is 2.75. The third-order valence-electron chi connectivity index (χ3n) is 2.87. The maximum atomic E-state index is 9.00. The first-order valence-corrected chi connectivity index (χ1v) is 7.21. The van der Waals surface area contributed by atoms with E-state index in [1.807, 2.05) is 19.1 Å². The Labute approximate surface area is 126 Å². The molecular weight excluding hydrogens is 318 g/mol. The lowest BCUT2D eigenvalue weighted by molar-refractivity contribution is 0.408. The lowest BCUT2D eigenvalue weighted by atomic mass is 10.1. The minimum atomic E-state index is 0.508. The third-order valence-corrected chi connectivity index (χ3v) is 3.51. The molecule has 0 amide bonds. The largest absolute Gasteiger partial charge is 0.497 e. The summed E-state index contributed by atoms with van der Waals surface area (Å²) >= 11 is 3.43. The van der Waals surface area contributed by atoms with E-state index in [9.17, 15) is 0 Å². The minimum Gasteiger partial charge on any atom is -0.497 e. The van der Waals surface area contributed by atoms with Gasteiger partial charge in [-0.3, -0.25) is 0 Å². The number of ether oxygens (including phenoxy) is 2. The number of hydrogen-bond acceptors (Lipinski definition) is 3. The van der Waals surface area contributed by atoms with E-state index in [0.29, 0.717) is 17.1 Å². The summed E-state index contributed by atoms with van der Waals surface area (Å²) < 4.78 is 11.0. The van der Waals surface area contributed by atoms with Gasteiger partial charge in [0.05, 0.1) is 18.7 Å². The molecule has 102 valence electrons. The van der Waals surface area contributed by atoms with Crippen molar-refractivity contribution in [2.45, 2.75) is 12.3 Å². The highest BCUT2D eigenvalue weighted by Crippen LogP contribution is 2.29. The zero-order valence-corrected chi connectivity index (χ0v) is 12.9. The molecule has 2 aromatic carbocycles. The molecule has 0 heterocycles. The van der Waals surface area contributed by atoms with Crippen molar-refractivity contribution in [2.75, 3.05) is 7.11 Å². The van der Waals surface area contributed by atoms with Crippen molar-refractivity contribution >= 4 is 15.9 Å². The van der Waals surface area contributed by atoms with Crippen molar-refractivity contribution < 1.29 is 9.47 Å². The lowest BCUT2D eigenvalue weighted by Crippen LogP contribution is -1.91. The number of methoxy groups -OCH3 is 1. The van der Waals surface area contributed by atoms with Crippen LogP contribution in [0.25, 0.3) is 0 Å². The van der Waals surface area contributed by atoms with Gasteiger partial charge < -0.3 is 9.47 Å². The Balaban J connectivity index is 2.32. The van der Waals surface area contributed by atoms with E-state index in [4.69, 9.17) is 14.7 Å². The molecule has 2 rings (SSSR count). The average Bonchev–Trinajstić information content (AvgIpc) is 2.48. The highest BCUT2D eigenvalue weighted by Gasteiger charge is 2.06. The van der Waals surface area contributed by atoms with Crippen LogP contribution in [-0.2, 0) is 5.33 Å². The maximum absolute atomic E-state index is 9.00. The second kappa shape index (κ2) is 6.44. The molecule has 2 aromatic rings. The van der Waals surface area contributed by atoms with Gasteiger partial charge >= 0.3 is 0 Å². The van der Waals surface area contributed by atoms with E-state index >= 15 is 0 Å². The van der Waals surface area contributed by atoms with Crippen LogP contribution in [0.1, 0.15) is 16.7 Å². The molecule has 0 radical (unpaired) electrons. The van der Waals surface area contributed by atoms with E-state index < -0.39 is 0 Å². The fourth-order valence-corrected chi connectivity index (χ4v) is 2.20. The Morgan fingerprint density at radius 3 is 2.50 bits per heavy atom. The van der Waals surface area contributed by atoms with Crippen molar-refractivity contribution in [1.82, 2.24) is 0 Å². The number of nitriles is 1. The Hall–Kier alpha value is -1.99. The minimum absolute atomic E-state index is 0.508. The molecule has 0 aliphatic rings. The molecule has 0 fully saturated rings. The van der Waals surface area contributed by atoms with Crippen LogP contribution in [0.2, 0.25) is 0 Å². The first-order valence-electron chi connectivity index (χ1n) is 6.09. The van der Waals surface area contributed by atoms with E-state index in [2.05, 4.69) is 28.1 Å². The number of halogens is 1. The molecule has 0 aromatic heterocycles. The molecule has 0 saturated carbocycles. The predicted octanol–water partition coefficient (Wildman–Crippen LogP) is 4.56. The molecular formula is C16H14BrNO2. The van der Waals surface area contributed by atoms with Crippen molar-refractivity contribution in [3.8, 4) is 23.3 Å². The second-order valence-electron chi connectivity index (χ2n) is 4.34. The standard InChI is InChI=1S/C16H14BrNO2/c1-11-5-12(9-17)3-4-16(11)20-15-7-13(10-18)6-14(8-15)19-2/h3-8H,9H2,1-2H3. The summed E-state index contributed by atoms with van der Waals surface area (Å²) in [7, 11) is 1.57. The summed E-state index contributed by atoms with van der Waals surface area (Å²) in [6, 6.07) is 13.2. The number of aryl methyl sites for hydroxylation is 1.